The molecule has 0 radical (unpaired) electrons. The van der Waals surface area contributed by atoms with E-state index >= 15 is 0 Å². The van der Waals surface area contributed by atoms with Crippen molar-refractivity contribution >= 4 is 18.0 Å². The van der Waals surface area contributed by atoms with Gasteiger partial charge in [0.15, 0.2) is 0 Å². The van der Waals surface area contributed by atoms with E-state index in [1.807, 2.05) is 0 Å². The Labute approximate surface area is 132 Å². The van der Waals surface area contributed by atoms with Gasteiger partial charge in [-0.1, -0.05) is 0 Å². The van der Waals surface area contributed by atoms with Gasteiger partial charge >= 0.3 is 12.1 Å². The lowest BCUT2D eigenvalue weighted by atomic mass is 10.2. The molecule has 0 aromatic heterocycles. The number of carbonyl (C=O) groups excluding carboxylic acids is 2. The minimum absolute atomic E-state index is 0.174. The number of ether oxygens (including phenoxy) is 1. The first kappa shape index (κ1) is 18.4. The summed E-state index contributed by atoms with van der Waals surface area (Å²) < 4.78 is 17.7. The van der Waals surface area contributed by atoms with Gasteiger partial charge in [-0.15, -0.1) is 0 Å². The van der Waals surface area contributed by atoms with Gasteiger partial charge in [-0.3, -0.25) is 4.79 Å². The van der Waals surface area contributed by atoms with E-state index in [4.69, 9.17) is 9.84 Å². The number of carboxylic acids is 1. The van der Waals surface area contributed by atoms with Gasteiger partial charge in [0.2, 0.25) is 0 Å². The van der Waals surface area contributed by atoms with Gasteiger partial charge in [0.25, 0.3) is 5.91 Å². The third-order valence-electron chi connectivity index (χ3n) is 2.56. The van der Waals surface area contributed by atoms with Crippen LogP contribution in [0.1, 0.15) is 31.1 Å². The first-order valence-electron chi connectivity index (χ1n) is 6.84. The van der Waals surface area contributed by atoms with Crippen LogP contribution in [0.15, 0.2) is 24.3 Å². The number of alkyl carbamates (subject to hydrolysis) is 1. The second kappa shape index (κ2) is 7.57. The van der Waals surface area contributed by atoms with Crippen LogP contribution in [-0.4, -0.2) is 41.3 Å². The summed E-state index contributed by atoms with van der Waals surface area (Å²) in [5, 5.41) is 13.6. The number of aliphatic carboxylic acids is 1. The second-order valence-electron chi connectivity index (χ2n) is 5.75. The number of rotatable bonds is 5. The van der Waals surface area contributed by atoms with Crippen molar-refractivity contribution in [2.75, 3.05) is 6.54 Å². The van der Waals surface area contributed by atoms with E-state index < -0.39 is 35.4 Å². The standard InChI is InChI=1S/C15H19FN2O5/c1-15(2,3)23-14(22)18-11(13(20)21)8-17-12(19)9-4-6-10(16)7-5-9/h4-7,11H,8H2,1-3H3,(H,17,19)(H,18,22)(H,20,21)/t11-/m0/s1. The molecule has 1 rings (SSSR count). The van der Waals surface area contributed by atoms with Gasteiger partial charge in [-0.2, -0.15) is 0 Å². The molecule has 8 heteroatoms. The molecule has 126 valence electrons. The zero-order chi connectivity index (χ0) is 17.6. The minimum Gasteiger partial charge on any atom is -0.480 e. The molecule has 0 unspecified atom stereocenters. The molecule has 0 heterocycles. The van der Waals surface area contributed by atoms with Crippen molar-refractivity contribution in [3.63, 3.8) is 0 Å². The molecule has 7 nitrogen and oxygen atoms in total. The van der Waals surface area contributed by atoms with Crippen LogP contribution in [0.25, 0.3) is 0 Å². The van der Waals surface area contributed by atoms with E-state index in [9.17, 15) is 18.8 Å². The van der Waals surface area contributed by atoms with Crippen LogP contribution in [0, 0.1) is 5.82 Å². The summed E-state index contributed by atoms with van der Waals surface area (Å²) in [6.45, 7) is 4.57. The van der Waals surface area contributed by atoms with Crippen LogP contribution >= 0.6 is 0 Å². The highest BCUT2D eigenvalue weighted by atomic mass is 19.1. The fourth-order valence-corrected chi connectivity index (χ4v) is 1.55. The average Bonchev–Trinajstić information content (AvgIpc) is 2.41. The second-order valence-corrected chi connectivity index (χ2v) is 5.75. The number of hydrogen-bond donors (Lipinski definition) is 3. The number of hydrogen-bond acceptors (Lipinski definition) is 4. The topological polar surface area (TPSA) is 105 Å². The molecule has 0 aliphatic carbocycles. The zero-order valence-electron chi connectivity index (χ0n) is 13.1. The summed E-state index contributed by atoms with van der Waals surface area (Å²) >= 11 is 0. The number of benzene rings is 1. The fourth-order valence-electron chi connectivity index (χ4n) is 1.55. The number of amides is 2. The summed E-state index contributed by atoms with van der Waals surface area (Å²) in [5.41, 5.74) is -0.599. The third-order valence-corrected chi connectivity index (χ3v) is 2.56. The van der Waals surface area contributed by atoms with Crippen molar-refractivity contribution in [1.82, 2.24) is 10.6 Å². The molecule has 0 saturated carbocycles. The van der Waals surface area contributed by atoms with Gasteiger partial charge in [-0.25, -0.2) is 14.0 Å². The Morgan fingerprint density at radius 1 is 1.22 bits per heavy atom. The minimum atomic E-state index is -1.35. The summed E-state index contributed by atoms with van der Waals surface area (Å²) in [6.07, 6.45) is -0.902. The predicted molar refractivity (Wildman–Crippen MR) is 79.5 cm³/mol. The summed E-state index contributed by atoms with van der Waals surface area (Å²) in [5.74, 6) is -2.39. The summed E-state index contributed by atoms with van der Waals surface area (Å²) in [7, 11) is 0. The summed E-state index contributed by atoms with van der Waals surface area (Å²) in [4.78, 5) is 34.5. The van der Waals surface area contributed by atoms with Crippen molar-refractivity contribution in [2.45, 2.75) is 32.4 Å². The molecule has 1 atom stereocenters. The monoisotopic (exact) mass is 326 g/mol. The van der Waals surface area contributed by atoms with E-state index in [-0.39, 0.29) is 12.1 Å². The van der Waals surface area contributed by atoms with Gasteiger partial charge in [-0.05, 0) is 45.0 Å². The molecule has 1 aromatic carbocycles. The lowest BCUT2D eigenvalue weighted by Gasteiger charge is -2.22. The Morgan fingerprint density at radius 3 is 2.26 bits per heavy atom. The number of carboxylic acid groups (broad SMARTS) is 1. The normalized spacial score (nSPS) is 12.2. The van der Waals surface area contributed by atoms with Crippen LogP contribution in [0.4, 0.5) is 9.18 Å². The van der Waals surface area contributed by atoms with Crippen molar-refractivity contribution < 1.29 is 28.6 Å². The van der Waals surface area contributed by atoms with Crippen LogP contribution in [0.3, 0.4) is 0 Å². The lowest BCUT2D eigenvalue weighted by Crippen LogP contribution is -2.49. The molecule has 0 fully saturated rings. The third kappa shape index (κ3) is 6.77. The molecular formula is C15H19FN2O5. The zero-order valence-corrected chi connectivity index (χ0v) is 13.1. The maximum Gasteiger partial charge on any atom is 0.408 e. The van der Waals surface area contributed by atoms with E-state index in [0.29, 0.717) is 0 Å². The van der Waals surface area contributed by atoms with E-state index in [1.54, 1.807) is 20.8 Å². The van der Waals surface area contributed by atoms with Gasteiger partial charge in [0.05, 0.1) is 0 Å². The molecule has 3 N–H and O–H groups in total. The molecule has 0 bridgehead atoms. The molecular weight excluding hydrogens is 307 g/mol. The van der Waals surface area contributed by atoms with E-state index in [0.717, 1.165) is 12.1 Å². The largest absolute Gasteiger partial charge is 0.480 e. The smallest absolute Gasteiger partial charge is 0.408 e. The molecule has 0 saturated heterocycles. The van der Waals surface area contributed by atoms with Gasteiger partial charge in [0.1, 0.15) is 17.5 Å². The number of halogens is 1. The molecule has 0 aliphatic rings. The lowest BCUT2D eigenvalue weighted by molar-refractivity contribution is -0.139. The molecule has 23 heavy (non-hydrogen) atoms. The molecule has 2 amide bonds. The first-order valence-corrected chi connectivity index (χ1v) is 6.84. The maximum atomic E-state index is 12.8. The molecule has 1 aromatic rings. The Balaban J connectivity index is 2.59. The highest BCUT2D eigenvalue weighted by Crippen LogP contribution is 2.07. The van der Waals surface area contributed by atoms with Crippen LogP contribution in [0.5, 0.6) is 0 Å². The Hall–Kier alpha value is -2.64. The SMILES string of the molecule is CC(C)(C)OC(=O)N[C@@H](CNC(=O)c1ccc(F)cc1)C(=O)O. The summed E-state index contributed by atoms with van der Waals surface area (Å²) in [6, 6.07) is 3.41. The van der Waals surface area contributed by atoms with Crippen LogP contribution in [0.2, 0.25) is 0 Å². The van der Waals surface area contributed by atoms with Crippen molar-refractivity contribution in [3.8, 4) is 0 Å². The number of carbonyl (C=O) groups is 3. The Morgan fingerprint density at radius 2 is 1.78 bits per heavy atom. The molecule has 0 spiro atoms. The van der Waals surface area contributed by atoms with Crippen molar-refractivity contribution in [3.05, 3.63) is 35.6 Å². The number of nitrogens with one attached hydrogen (secondary N) is 2. The van der Waals surface area contributed by atoms with Crippen molar-refractivity contribution in [1.29, 1.82) is 0 Å². The maximum absolute atomic E-state index is 12.8. The highest BCUT2D eigenvalue weighted by molar-refractivity contribution is 5.94. The van der Waals surface area contributed by atoms with Gasteiger partial charge < -0.3 is 20.5 Å². The quantitative estimate of drug-likeness (QED) is 0.761. The van der Waals surface area contributed by atoms with E-state index in [1.165, 1.54) is 12.1 Å². The Kier molecular flexibility index (Phi) is 6.06. The Bertz CT molecular complexity index is 581. The fraction of sp³-hybridized carbons (Fsp3) is 0.400. The van der Waals surface area contributed by atoms with Crippen LogP contribution in [-0.2, 0) is 9.53 Å². The average molecular weight is 326 g/mol. The van der Waals surface area contributed by atoms with E-state index in [2.05, 4.69) is 10.6 Å². The highest BCUT2D eigenvalue weighted by Gasteiger charge is 2.24. The van der Waals surface area contributed by atoms with Crippen molar-refractivity contribution in [2.24, 2.45) is 0 Å². The molecule has 0 aliphatic heterocycles. The van der Waals surface area contributed by atoms with Crippen LogP contribution < -0.4 is 10.6 Å². The van der Waals surface area contributed by atoms with Gasteiger partial charge in [0, 0.05) is 12.1 Å². The first-order chi connectivity index (χ1) is 10.6. The predicted octanol–water partition coefficient (Wildman–Crippen LogP) is 1.53.